The summed E-state index contributed by atoms with van der Waals surface area (Å²) in [5, 5.41) is 0. The molecule has 0 radical (unpaired) electrons. The molecule has 0 atom stereocenters. The minimum atomic E-state index is -0.440. The van der Waals surface area contributed by atoms with Crippen LogP contribution in [0.1, 0.15) is 50.7 Å². The van der Waals surface area contributed by atoms with Crippen LogP contribution in [0.2, 0.25) is 0 Å². The van der Waals surface area contributed by atoms with Crippen LogP contribution in [-0.2, 0) is 4.74 Å². The number of piperidine rings is 1. The Balaban J connectivity index is 1.98. The zero-order valence-corrected chi connectivity index (χ0v) is 13.1. The summed E-state index contributed by atoms with van der Waals surface area (Å²) in [6.45, 7) is 7.11. The van der Waals surface area contributed by atoms with E-state index in [1.165, 1.54) is 5.56 Å². The largest absolute Gasteiger partial charge is 0.444 e. The Morgan fingerprint density at radius 2 is 1.90 bits per heavy atom. The molecular weight excluding hydrogens is 262 g/mol. The molecule has 3 heteroatoms. The lowest BCUT2D eigenvalue weighted by Gasteiger charge is -2.33. The van der Waals surface area contributed by atoms with E-state index in [-0.39, 0.29) is 6.09 Å². The van der Waals surface area contributed by atoms with E-state index >= 15 is 0 Å². The highest BCUT2D eigenvalue weighted by atomic mass is 16.6. The number of nitrogens with zero attached hydrogens (tertiary/aromatic N) is 1. The summed E-state index contributed by atoms with van der Waals surface area (Å²) in [5.41, 5.74) is 1.75. The van der Waals surface area contributed by atoms with Crippen LogP contribution in [0.3, 0.4) is 0 Å². The summed E-state index contributed by atoms with van der Waals surface area (Å²) in [5.74, 6) is 3.18. The number of ether oxygens (including phenoxy) is 1. The van der Waals surface area contributed by atoms with E-state index in [4.69, 9.17) is 11.2 Å². The van der Waals surface area contributed by atoms with Crippen LogP contribution in [-0.4, -0.2) is 29.7 Å². The average Bonchev–Trinajstić information content (AvgIpc) is 2.45. The van der Waals surface area contributed by atoms with Gasteiger partial charge >= 0.3 is 6.09 Å². The zero-order valence-electron chi connectivity index (χ0n) is 13.1. The number of benzene rings is 1. The fourth-order valence-corrected chi connectivity index (χ4v) is 2.68. The third-order valence-corrected chi connectivity index (χ3v) is 3.70. The fourth-order valence-electron chi connectivity index (χ4n) is 2.68. The van der Waals surface area contributed by atoms with Crippen molar-refractivity contribution < 1.29 is 9.53 Å². The second-order valence-electron chi connectivity index (χ2n) is 6.47. The monoisotopic (exact) mass is 285 g/mol. The van der Waals surface area contributed by atoms with Crippen molar-refractivity contribution in [2.45, 2.75) is 45.1 Å². The van der Waals surface area contributed by atoms with E-state index in [1.54, 1.807) is 4.90 Å². The molecule has 21 heavy (non-hydrogen) atoms. The van der Waals surface area contributed by atoms with E-state index in [0.29, 0.717) is 5.92 Å². The quantitative estimate of drug-likeness (QED) is 0.735. The van der Waals surface area contributed by atoms with Crippen molar-refractivity contribution in [1.82, 2.24) is 4.90 Å². The predicted octanol–water partition coefficient (Wildman–Crippen LogP) is 3.78. The molecule has 1 saturated heterocycles. The van der Waals surface area contributed by atoms with Crippen LogP contribution in [0.4, 0.5) is 4.79 Å². The molecule has 0 saturated carbocycles. The molecule has 3 nitrogen and oxygen atoms in total. The van der Waals surface area contributed by atoms with Gasteiger partial charge in [0.15, 0.2) is 0 Å². The van der Waals surface area contributed by atoms with Crippen molar-refractivity contribution in [3.8, 4) is 12.3 Å². The first-order valence-corrected chi connectivity index (χ1v) is 7.44. The molecule has 1 fully saturated rings. The maximum Gasteiger partial charge on any atom is 0.410 e. The van der Waals surface area contributed by atoms with Gasteiger partial charge in [0.25, 0.3) is 0 Å². The third kappa shape index (κ3) is 4.01. The van der Waals surface area contributed by atoms with Gasteiger partial charge in [-0.05, 0) is 51.2 Å². The van der Waals surface area contributed by atoms with Crippen LogP contribution in [0.15, 0.2) is 24.3 Å². The van der Waals surface area contributed by atoms with Crippen molar-refractivity contribution >= 4 is 6.09 Å². The van der Waals surface area contributed by atoms with E-state index in [2.05, 4.69) is 12.0 Å². The summed E-state index contributed by atoms with van der Waals surface area (Å²) < 4.78 is 5.42. The lowest BCUT2D eigenvalue weighted by molar-refractivity contribution is 0.0205. The number of carbonyl (C=O) groups excluding carboxylic acids is 1. The Morgan fingerprint density at radius 1 is 1.29 bits per heavy atom. The van der Waals surface area contributed by atoms with Crippen molar-refractivity contribution in [3.05, 3.63) is 35.4 Å². The molecule has 2 rings (SSSR count). The standard InChI is InChI=1S/C18H23NO2/c1-5-14-8-6-7-9-16(14)15-10-12-19(13-11-15)17(20)21-18(2,3)4/h1,6-9,15H,10-13H2,2-4H3. The van der Waals surface area contributed by atoms with Gasteiger partial charge in [-0.25, -0.2) is 4.79 Å². The van der Waals surface area contributed by atoms with Gasteiger partial charge in [0.05, 0.1) is 0 Å². The zero-order chi connectivity index (χ0) is 15.5. The van der Waals surface area contributed by atoms with E-state index < -0.39 is 5.60 Å². The van der Waals surface area contributed by atoms with Crippen LogP contribution < -0.4 is 0 Å². The molecule has 0 spiro atoms. The smallest absolute Gasteiger partial charge is 0.410 e. The Hall–Kier alpha value is -1.95. The SMILES string of the molecule is C#Cc1ccccc1C1CCN(C(=O)OC(C)(C)C)CC1. The Morgan fingerprint density at radius 3 is 2.48 bits per heavy atom. The average molecular weight is 285 g/mol. The van der Waals surface area contributed by atoms with Crippen molar-refractivity contribution in [3.63, 3.8) is 0 Å². The molecule has 0 aromatic heterocycles. The number of hydrogen-bond acceptors (Lipinski definition) is 2. The molecule has 0 bridgehead atoms. The predicted molar refractivity (Wildman–Crippen MR) is 84.2 cm³/mol. The van der Waals surface area contributed by atoms with Gasteiger partial charge in [0.2, 0.25) is 0 Å². The van der Waals surface area contributed by atoms with Crippen LogP contribution >= 0.6 is 0 Å². The maximum atomic E-state index is 12.1. The highest BCUT2D eigenvalue weighted by Gasteiger charge is 2.28. The summed E-state index contributed by atoms with van der Waals surface area (Å²) in [6.07, 6.45) is 7.21. The van der Waals surface area contributed by atoms with Crippen LogP contribution in [0.25, 0.3) is 0 Å². The molecule has 1 aromatic rings. The maximum absolute atomic E-state index is 12.1. The highest BCUT2D eigenvalue weighted by Crippen LogP contribution is 2.30. The van der Waals surface area contributed by atoms with Gasteiger partial charge in [-0.1, -0.05) is 24.1 Å². The Bertz CT molecular complexity index is 543. The minimum Gasteiger partial charge on any atom is -0.444 e. The fraction of sp³-hybridized carbons (Fsp3) is 0.500. The Labute approximate surface area is 127 Å². The topological polar surface area (TPSA) is 29.5 Å². The van der Waals surface area contributed by atoms with Gasteiger partial charge in [-0.3, -0.25) is 0 Å². The molecule has 1 aliphatic heterocycles. The molecule has 1 heterocycles. The highest BCUT2D eigenvalue weighted by molar-refractivity contribution is 5.68. The third-order valence-electron chi connectivity index (χ3n) is 3.70. The first-order chi connectivity index (χ1) is 9.90. The van der Waals surface area contributed by atoms with Crippen LogP contribution in [0.5, 0.6) is 0 Å². The van der Waals surface area contributed by atoms with E-state index in [1.807, 2.05) is 39.0 Å². The van der Waals surface area contributed by atoms with Crippen LogP contribution in [0, 0.1) is 12.3 Å². The summed E-state index contributed by atoms with van der Waals surface area (Å²) in [7, 11) is 0. The molecule has 1 aliphatic rings. The number of carbonyl (C=O) groups is 1. The van der Waals surface area contributed by atoms with Gasteiger partial charge < -0.3 is 9.64 Å². The number of amides is 1. The molecule has 0 aliphatic carbocycles. The first kappa shape index (κ1) is 15.4. The molecule has 1 amide bonds. The van der Waals surface area contributed by atoms with Crippen molar-refractivity contribution in [2.24, 2.45) is 0 Å². The lowest BCUT2D eigenvalue weighted by atomic mass is 9.87. The number of rotatable bonds is 1. The molecule has 0 unspecified atom stereocenters. The van der Waals surface area contributed by atoms with Gasteiger partial charge in [0, 0.05) is 18.7 Å². The summed E-state index contributed by atoms with van der Waals surface area (Å²) >= 11 is 0. The first-order valence-electron chi connectivity index (χ1n) is 7.44. The Kier molecular flexibility index (Phi) is 4.57. The molecule has 112 valence electrons. The molecule has 1 aromatic carbocycles. The molecular formula is C18H23NO2. The van der Waals surface area contributed by atoms with Crippen molar-refractivity contribution in [1.29, 1.82) is 0 Å². The second kappa shape index (κ2) is 6.22. The lowest BCUT2D eigenvalue weighted by Crippen LogP contribution is -2.41. The van der Waals surface area contributed by atoms with Gasteiger partial charge in [-0.15, -0.1) is 6.42 Å². The van der Waals surface area contributed by atoms with Gasteiger partial charge in [-0.2, -0.15) is 0 Å². The minimum absolute atomic E-state index is 0.216. The summed E-state index contributed by atoms with van der Waals surface area (Å²) in [6, 6.07) is 8.07. The number of hydrogen-bond donors (Lipinski definition) is 0. The van der Waals surface area contributed by atoms with Gasteiger partial charge in [0.1, 0.15) is 5.60 Å². The normalized spacial score (nSPS) is 16.4. The molecule has 0 N–H and O–H groups in total. The van der Waals surface area contributed by atoms with E-state index in [9.17, 15) is 4.79 Å². The number of terminal acetylenes is 1. The van der Waals surface area contributed by atoms with Crippen molar-refractivity contribution in [2.75, 3.05) is 13.1 Å². The number of likely N-dealkylation sites (tertiary alicyclic amines) is 1. The van der Waals surface area contributed by atoms with E-state index in [0.717, 1.165) is 31.5 Å². The second-order valence-corrected chi connectivity index (χ2v) is 6.47. The summed E-state index contributed by atoms with van der Waals surface area (Å²) in [4.78, 5) is 13.8.